The maximum absolute atomic E-state index is 12.1. The molecule has 10 heteroatoms. The Morgan fingerprint density at radius 1 is 1.14 bits per heavy atom. The Hall–Kier alpha value is -3.82. The van der Waals surface area contributed by atoms with Crippen LogP contribution in [0.2, 0.25) is 0 Å². The number of H-pyrrole nitrogens is 1. The van der Waals surface area contributed by atoms with Crippen molar-refractivity contribution in [3.8, 4) is 0 Å². The second-order valence-electron chi connectivity index (χ2n) is 6.50. The third kappa shape index (κ3) is 5.58. The van der Waals surface area contributed by atoms with Gasteiger partial charge in [-0.1, -0.05) is 0 Å². The molecule has 29 heavy (non-hydrogen) atoms. The van der Waals surface area contributed by atoms with Gasteiger partial charge in [0.1, 0.15) is 12.2 Å². The molecular weight excluding hydrogens is 374 g/mol. The van der Waals surface area contributed by atoms with E-state index >= 15 is 0 Å². The average Bonchev–Trinajstić information content (AvgIpc) is 3.02. The molecule has 0 unspecified atom stereocenters. The Labute approximate surface area is 166 Å². The van der Waals surface area contributed by atoms with E-state index in [1.54, 1.807) is 23.0 Å². The average molecular weight is 395 g/mol. The normalized spacial score (nSPS) is 10.6. The number of aromatic nitrogens is 5. The molecule has 0 bridgehead atoms. The van der Waals surface area contributed by atoms with Gasteiger partial charge in [0.05, 0.1) is 24.1 Å². The third-order valence-corrected chi connectivity index (χ3v) is 4.10. The van der Waals surface area contributed by atoms with Gasteiger partial charge in [-0.3, -0.25) is 24.0 Å². The van der Waals surface area contributed by atoms with E-state index in [0.29, 0.717) is 5.69 Å². The molecule has 2 amide bonds. The van der Waals surface area contributed by atoms with E-state index in [-0.39, 0.29) is 36.8 Å². The fourth-order valence-electron chi connectivity index (χ4n) is 2.69. The van der Waals surface area contributed by atoms with Crippen molar-refractivity contribution < 1.29 is 9.59 Å². The van der Waals surface area contributed by atoms with Gasteiger partial charge in [-0.2, -0.15) is 5.10 Å². The van der Waals surface area contributed by atoms with Crippen LogP contribution in [-0.4, -0.2) is 36.5 Å². The fourth-order valence-corrected chi connectivity index (χ4v) is 2.69. The van der Waals surface area contributed by atoms with E-state index in [0.717, 1.165) is 23.1 Å². The van der Waals surface area contributed by atoms with Crippen molar-refractivity contribution in [2.75, 3.05) is 0 Å². The van der Waals surface area contributed by atoms with Gasteiger partial charge >= 0.3 is 0 Å². The van der Waals surface area contributed by atoms with Gasteiger partial charge in [0.25, 0.3) is 11.5 Å². The highest BCUT2D eigenvalue weighted by Gasteiger charge is 2.09. The van der Waals surface area contributed by atoms with Crippen molar-refractivity contribution in [3.05, 3.63) is 75.5 Å². The van der Waals surface area contributed by atoms with Crippen LogP contribution in [0.5, 0.6) is 0 Å². The highest BCUT2D eigenvalue weighted by atomic mass is 16.2. The fraction of sp³-hybridized carbons (Fsp3) is 0.263. The van der Waals surface area contributed by atoms with E-state index in [9.17, 15) is 14.4 Å². The molecule has 0 aromatic carbocycles. The number of nitrogens with one attached hydrogen (secondary N) is 3. The molecule has 3 aromatic heterocycles. The zero-order valence-electron chi connectivity index (χ0n) is 16.1. The highest BCUT2D eigenvalue weighted by molar-refractivity contribution is 5.91. The Kier molecular flexibility index (Phi) is 6.12. The number of rotatable bonds is 7. The van der Waals surface area contributed by atoms with Crippen molar-refractivity contribution in [3.63, 3.8) is 0 Å². The van der Waals surface area contributed by atoms with Crippen molar-refractivity contribution in [2.24, 2.45) is 0 Å². The topological polar surface area (TPSA) is 135 Å². The second kappa shape index (κ2) is 8.91. The molecule has 0 aliphatic rings. The van der Waals surface area contributed by atoms with E-state index in [1.807, 2.05) is 19.9 Å². The third-order valence-electron chi connectivity index (χ3n) is 4.10. The molecule has 0 fully saturated rings. The number of nitrogens with zero attached hydrogens (tertiary/aromatic N) is 4. The number of aromatic amines is 1. The zero-order valence-corrected chi connectivity index (χ0v) is 16.1. The van der Waals surface area contributed by atoms with Crippen LogP contribution in [0.15, 0.2) is 41.6 Å². The summed E-state index contributed by atoms with van der Waals surface area (Å²) in [7, 11) is 0. The Morgan fingerprint density at radius 2 is 1.97 bits per heavy atom. The number of carbonyl (C=O) groups excluding carboxylic acids is 2. The molecule has 0 aliphatic heterocycles. The monoisotopic (exact) mass is 395 g/mol. The summed E-state index contributed by atoms with van der Waals surface area (Å²) in [6.45, 7) is 4.44. The van der Waals surface area contributed by atoms with E-state index in [4.69, 9.17) is 0 Å². The Balaban J connectivity index is 1.51. The quantitative estimate of drug-likeness (QED) is 0.524. The lowest BCUT2D eigenvalue weighted by atomic mass is 10.2. The Bertz CT molecular complexity index is 1070. The summed E-state index contributed by atoms with van der Waals surface area (Å²) >= 11 is 0. The number of pyridine rings is 1. The van der Waals surface area contributed by atoms with Gasteiger partial charge in [0, 0.05) is 24.6 Å². The lowest BCUT2D eigenvalue weighted by Crippen LogP contribution is -2.28. The van der Waals surface area contributed by atoms with Gasteiger partial charge in [-0.05, 0) is 37.6 Å². The molecule has 0 spiro atoms. The van der Waals surface area contributed by atoms with Crippen molar-refractivity contribution in [1.82, 2.24) is 35.4 Å². The molecule has 0 saturated carbocycles. The van der Waals surface area contributed by atoms with Crippen LogP contribution in [0.25, 0.3) is 0 Å². The van der Waals surface area contributed by atoms with E-state index in [2.05, 4.69) is 30.7 Å². The first kappa shape index (κ1) is 19.9. The van der Waals surface area contributed by atoms with Gasteiger partial charge in [-0.15, -0.1) is 0 Å². The lowest BCUT2D eigenvalue weighted by molar-refractivity contribution is -0.122. The highest BCUT2D eigenvalue weighted by Crippen LogP contribution is 2.04. The van der Waals surface area contributed by atoms with Gasteiger partial charge < -0.3 is 15.6 Å². The van der Waals surface area contributed by atoms with Crippen LogP contribution in [0, 0.1) is 13.8 Å². The van der Waals surface area contributed by atoms with Gasteiger partial charge in [0.2, 0.25) is 5.91 Å². The minimum Gasteiger partial charge on any atom is -0.349 e. The first-order valence-corrected chi connectivity index (χ1v) is 8.95. The van der Waals surface area contributed by atoms with Crippen LogP contribution in [0.1, 0.15) is 33.1 Å². The van der Waals surface area contributed by atoms with E-state index < -0.39 is 5.91 Å². The lowest BCUT2D eigenvalue weighted by Gasteiger charge is -2.08. The summed E-state index contributed by atoms with van der Waals surface area (Å²) in [4.78, 5) is 45.6. The maximum Gasteiger partial charge on any atom is 0.271 e. The zero-order chi connectivity index (χ0) is 20.8. The van der Waals surface area contributed by atoms with Crippen molar-refractivity contribution in [1.29, 1.82) is 0 Å². The maximum atomic E-state index is 12.1. The van der Waals surface area contributed by atoms with Crippen LogP contribution in [-0.2, 0) is 24.4 Å². The summed E-state index contributed by atoms with van der Waals surface area (Å²) in [6, 6.07) is 5.47. The molecule has 0 atom stereocenters. The summed E-state index contributed by atoms with van der Waals surface area (Å²) in [5, 5.41) is 9.80. The molecule has 10 nitrogen and oxygen atoms in total. The van der Waals surface area contributed by atoms with E-state index in [1.165, 1.54) is 6.20 Å². The van der Waals surface area contributed by atoms with Gasteiger partial charge in [0.15, 0.2) is 0 Å². The molecule has 3 N–H and O–H groups in total. The molecule has 150 valence electrons. The SMILES string of the molecule is Cc1cc(C)n(CC(=O)NCc2cc(CNC(=O)c3c[nH]c(=O)cn3)ccn2)n1. The second-order valence-corrected chi connectivity index (χ2v) is 6.50. The summed E-state index contributed by atoms with van der Waals surface area (Å²) < 4.78 is 1.65. The number of hydrogen-bond donors (Lipinski definition) is 3. The van der Waals surface area contributed by atoms with Crippen LogP contribution in [0.3, 0.4) is 0 Å². The van der Waals surface area contributed by atoms with Crippen molar-refractivity contribution in [2.45, 2.75) is 33.5 Å². The smallest absolute Gasteiger partial charge is 0.271 e. The molecule has 0 aliphatic carbocycles. The number of carbonyl (C=O) groups is 2. The molecule has 3 heterocycles. The summed E-state index contributed by atoms with van der Waals surface area (Å²) in [5.41, 5.74) is 3.02. The Morgan fingerprint density at radius 3 is 2.66 bits per heavy atom. The summed E-state index contributed by atoms with van der Waals surface area (Å²) in [5.74, 6) is -0.571. The number of aryl methyl sites for hydroxylation is 2. The van der Waals surface area contributed by atoms with Gasteiger partial charge in [-0.25, -0.2) is 4.98 Å². The predicted octanol–water partition coefficient (Wildman–Crippen LogP) is 0.225. The molecule has 3 rings (SSSR count). The first-order valence-electron chi connectivity index (χ1n) is 8.95. The minimum atomic E-state index is -0.405. The van der Waals surface area contributed by atoms with Crippen LogP contribution in [0.4, 0.5) is 0 Å². The number of amides is 2. The van der Waals surface area contributed by atoms with Crippen molar-refractivity contribution >= 4 is 11.8 Å². The molecule has 0 radical (unpaired) electrons. The minimum absolute atomic E-state index is 0.121. The molecule has 0 saturated heterocycles. The standard InChI is InChI=1S/C19H21N7O3/c1-12-5-13(2)26(25-12)11-18(28)22-8-15-6-14(3-4-20-15)7-24-19(29)16-9-23-17(27)10-21-16/h3-6,9-10H,7-8,11H2,1-2H3,(H,22,28)(H,23,27)(H,24,29). The summed E-state index contributed by atoms with van der Waals surface area (Å²) in [6.07, 6.45) is 3.92. The number of hydrogen-bond acceptors (Lipinski definition) is 6. The molecule has 3 aromatic rings. The van der Waals surface area contributed by atoms with Crippen LogP contribution >= 0.6 is 0 Å². The largest absolute Gasteiger partial charge is 0.349 e. The molecular formula is C19H21N7O3. The predicted molar refractivity (Wildman–Crippen MR) is 104 cm³/mol. The first-order chi connectivity index (χ1) is 13.9. The van der Waals surface area contributed by atoms with Crippen LogP contribution < -0.4 is 16.2 Å².